The van der Waals surface area contributed by atoms with E-state index in [0.717, 1.165) is 23.2 Å². The van der Waals surface area contributed by atoms with Gasteiger partial charge in [-0.25, -0.2) is 0 Å². The van der Waals surface area contributed by atoms with Crippen LogP contribution in [0.1, 0.15) is 70.2 Å². The van der Waals surface area contributed by atoms with Crippen molar-refractivity contribution in [3.05, 3.63) is 102 Å². The van der Waals surface area contributed by atoms with Gasteiger partial charge in [-0.2, -0.15) is 0 Å². The summed E-state index contributed by atoms with van der Waals surface area (Å²) in [6, 6.07) is 23.8. The number of anilines is 1. The Bertz CT molecular complexity index is 1070. The SMILES string of the molecule is C=C(c1c(C)cccc1O)N(CC(=O)CC(C)(C)C)c1cccc(C)c1.CC.CCc1ccccc1. The van der Waals surface area contributed by atoms with Crippen LogP contribution in [-0.4, -0.2) is 17.4 Å². The Labute approximate surface area is 219 Å². The van der Waals surface area contributed by atoms with Crippen LogP contribution in [0, 0.1) is 19.3 Å². The van der Waals surface area contributed by atoms with Gasteiger partial charge in [0.05, 0.1) is 6.54 Å². The number of nitrogens with zero attached hydrogens (tertiary/aromatic N) is 1. The number of ketones is 1. The third kappa shape index (κ3) is 10.1. The summed E-state index contributed by atoms with van der Waals surface area (Å²) in [5, 5.41) is 10.4. The first-order valence-electron chi connectivity index (χ1n) is 12.9. The Balaban J connectivity index is 0.000000543. The van der Waals surface area contributed by atoms with E-state index in [1.54, 1.807) is 6.07 Å². The predicted molar refractivity (Wildman–Crippen MR) is 157 cm³/mol. The van der Waals surface area contributed by atoms with Crippen LogP contribution in [0.15, 0.2) is 79.4 Å². The highest BCUT2D eigenvalue weighted by Gasteiger charge is 2.22. The van der Waals surface area contributed by atoms with Crippen molar-refractivity contribution in [2.75, 3.05) is 11.4 Å². The minimum absolute atomic E-state index is 0.0680. The third-order valence-electron chi connectivity index (χ3n) is 5.49. The fourth-order valence-electron chi connectivity index (χ4n) is 3.84. The molecule has 0 saturated heterocycles. The lowest BCUT2D eigenvalue weighted by atomic mass is 9.89. The molecule has 3 nitrogen and oxygen atoms in total. The minimum atomic E-state index is -0.0680. The zero-order valence-electron chi connectivity index (χ0n) is 23.6. The average molecular weight is 488 g/mol. The maximum Gasteiger partial charge on any atom is 0.153 e. The molecule has 0 fully saturated rings. The largest absolute Gasteiger partial charge is 0.507 e. The van der Waals surface area contributed by atoms with Crippen LogP contribution in [-0.2, 0) is 11.2 Å². The van der Waals surface area contributed by atoms with Gasteiger partial charge in [0.2, 0.25) is 0 Å². The molecule has 0 aliphatic heterocycles. The van der Waals surface area contributed by atoms with Gasteiger partial charge in [-0.3, -0.25) is 4.79 Å². The first-order chi connectivity index (χ1) is 17.0. The molecule has 0 aromatic heterocycles. The Morgan fingerprint density at radius 1 is 0.917 bits per heavy atom. The molecule has 0 amide bonds. The van der Waals surface area contributed by atoms with Gasteiger partial charge in [0.1, 0.15) is 5.75 Å². The smallest absolute Gasteiger partial charge is 0.153 e. The van der Waals surface area contributed by atoms with Crippen LogP contribution in [0.2, 0.25) is 0 Å². The first kappa shape index (κ1) is 30.7. The Morgan fingerprint density at radius 2 is 1.53 bits per heavy atom. The molecule has 194 valence electrons. The molecular formula is C33H45NO2. The molecule has 1 N–H and O–H groups in total. The monoisotopic (exact) mass is 487 g/mol. The molecule has 0 heterocycles. The maximum atomic E-state index is 12.7. The Kier molecular flexibility index (Phi) is 12.7. The lowest BCUT2D eigenvalue weighted by Gasteiger charge is -2.29. The summed E-state index contributed by atoms with van der Waals surface area (Å²) in [4.78, 5) is 14.6. The molecule has 0 unspecified atom stereocenters. The summed E-state index contributed by atoms with van der Waals surface area (Å²) in [6.45, 7) is 20.7. The number of aryl methyl sites for hydroxylation is 3. The molecule has 0 spiro atoms. The highest BCUT2D eigenvalue weighted by molar-refractivity contribution is 5.91. The Hall–Kier alpha value is -3.33. The number of phenolic OH excluding ortho intramolecular Hbond substituents is 1. The number of hydrogen-bond acceptors (Lipinski definition) is 3. The van der Waals surface area contributed by atoms with Crippen LogP contribution in [0.25, 0.3) is 5.70 Å². The van der Waals surface area contributed by atoms with Crippen molar-refractivity contribution in [3.63, 3.8) is 0 Å². The molecule has 3 rings (SSSR count). The third-order valence-corrected chi connectivity index (χ3v) is 5.49. The molecule has 0 aliphatic rings. The van der Waals surface area contributed by atoms with E-state index in [-0.39, 0.29) is 23.5 Å². The van der Waals surface area contributed by atoms with Crippen molar-refractivity contribution in [1.82, 2.24) is 0 Å². The van der Waals surface area contributed by atoms with Crippen molar-refractivity contribution in [2.45, 2.75) is 68.2 Å². The molecule has 3 heteroatoms. The van der Waals surface area contributed by atoms with Crippen molar-refractivity contribution in [2.24, 2.45) is 5.41 Å². The van der Waals surface area contributed by atoms with Gasteiger partial charge in [0, 0.05) is 23.4 Å². The second kappa shape index (κ2) is 14.9. The quantitative estimate of drug-likeness (QED) is 0.362. The van der Waals surface area contributed by atoms with Crippen LogP contribution in [0.4, 0.5) is 5.69 Å². The summed E-state index contributed by atoms with van der Waals surface area (Å²) in [5.74, 6) is 0.323. The number of Topliss-reactive ketones (excluding diaryl/α,β-unsaturated/α-hetero) is 1. The molecule has 0 radical (unpaired) electrons. The van der Waals surface area contributed by atoms with Crippen molar-refractivity contribution in [1.29, 1.82) is 0 Å². The summed E-state index contributed by atoms with van der Waals surface area (Å²) in [5.41, 5.74) is 5.59. The number of carbonyl (C=O) groups excluding carboxylic acids is 1. The maximum absolute atomic E-state index is 12.7. The standard InChI is InChI=1S/C23H29NO2.C8H10.C2H6/c1-16-9-7-11-19(13-16)24(15-20(25)14-23(4,5)6)18(3)22-17(2)10-8-12-21(22)26;1-2-8-6-4-3-5-7-8;1-2/h7-13,26H,3,14-15H2,1-2,4-6H3;3-7H,2H2,1H3;1-2H3. The summed E-state index contributed by atoms with van der Waals surface area (Å²) in [7, 11) is 0. The highest BCUT2D eigenvalue weighted by atomic mass is 16.3. The molecule has 0 atom stereocenters. The molecular weight excluding hydrogens is 442 g/mol. The lowest BCUT2D eigenvalue weighted by molar-refractivity contribution is -0.119. The molecule has 0 bridgehead atoms. The Morgan fingerprint density at radius 3 is 2.03 bits per heavy atom. The van der Waals surface area contributed by atoms with E-state index >= 15 is 0 Å². The van der Waals surface area contributed by atoms with E-state index in [4.69, 9.17) is 0 Å². The molecule has 3 aromatic carbocycles. The number of rotatable bonds is 7. The van der Waals surface area contributed by atoms with Gasteiger partial charge >= 0.3 is 0 Å². The first-order valence-corrected chi connectivity index (χ1v) is 12.9. The van der Waals surface area contributed by atoms with E-state index in [0.29, 0.717) is 17.7 Å². The summed E-state index contributed by atoms with van der Waals surface area (Å²) in [6.07, 6.45) is 1.63. The van der Waals surface area contributed by atoms with Gasteiger partial charge < -0.3 is 10.0 Å². The minimum Gasteiger partial charge on any atom is -0.507 e. The molecule has 3 aromatic rings. The normalized spacial score (nSPS) is 10.3. The second-order valence-electron chi connectivity index (χ2n) is 9.96. The fraction of sp³-hybridized carbons (Fsp3) is 0.364. The lowest BCUT2D eigenvalue weighted by Crippen LogP contribution is -2.30. The van der Waals surface area contributed by atoms with Gasteiger partial charge in [-0.05, 0) is 60.6 Å². The van der Waals surface area contributed by atoms with E-state index in [1.165, 1.54) is 5.56 Å². The number of benzene rings is 3. The summed E-state index contributed by atoms with van der Waals surface area (Å²) >= 11 is 0. The van der Waals surface area contributed by atoms with Crippen molar-refractivity contribution in [3.8, 4) is 5.75 Å². The topological polar surface area (TPSA) is 40.5 Å². The average Bonchev–Trinajstić information content (AvgIpc) is 2.83. The fourth-order valence-corrected chi connectivity index (χ4v) is 3.84. The van der Waals surface area contributed by atoms with Gasteiger partial charge in [-0.15, -0.1) is 0 Å². The van der Waals surface area contributed by atoms with Gasteiger partial charge in [0.15, 0.2) is 5.78 Å². The van der Waals surface area contributed by atoms with Gasteiger partial charge in [-0.1, -0.05) is 103 Å². The highest BCUT2D eigenvalue weighted by Crippen LogP contribution is 2.33. The van der Waals surface area contributed by atoms with E-state index in [2.05, 4.69) is 58.5 Å². The number of hydrogen-bond donors (Lipinski definition) is 1. The van der Waals surface area contributed by atoms with Crippen molar-refractivity contribution >= 4 is 17.2 Å². The van der Waals surface area contributed by atoms with Crippen LogP contribution in [0.5, 0.6) is 5.75 Å². The van der Waals surface area contributed by atoms with E-state index < -0.39 is 0 Å². The molecule has 0 aliphatic carbocycles. The van der Waals surface area contributed by atoms with Gasteiger partial charge in [0.25, 0.3) is 0 Å². The van der Waals surface area contributed by atoms with Crippen LogP contribution >= 0.6 is 0 Å². The second-order valence-corrected chi connectivity index (χ2v) is 9.96. The summed E-state index contributed by atoms with van der Waals surface area (Å²) < 4.78 is 0. The number of phenols is 1. The van der Waals surface area contributed by atoms with Crippen LogP contribution in [0.3, 0.4) is 0 Å². The van der Waals surface area contributed by atoms with E-state index in [9.17, 15) is 9.90 Å². The molecule has 0 saturated carbocycles. The predicted octanol–water partition coefficient (Wildman–Crippen LogP) is 8.77. The number of carbonyl (C=O) groups is 1. The molecule has 36 heavy (non-hydrogen) atoms. The van der Waals surface area contributed by atoms with Crippen molar-refractivity contribution < 1.29 is 9.90 Å². The van der Waals surface area contributed by atoms with E-state index in [1.807, 2.05) is 75.1 Å². The zero-order chi connectivity index (χ0) is 27.3. The number of aromatic hydroxyl groups is 1. The zero-order valence-corrected chi connectivity index (χ0v) is 23.6. The van der Waals surface area contributed by atoms with Crippen LogP contribution < -0.4 is 4.90 Å².